The van der Waals surface area contributed by atoms with Crippen LogP contribution in [0.5, 0.6) is 0 Å². The Morgan fingerprint density at radius 3 is 1.10 bits per heavy atom. The molecular weight excluding hydrogens is 510 g/mol. The molecule has 41 heavy (non-hydrogen) atoms. The fourth-order valence-corrected chi connectivity index (χ4v) is 5.78. The number of aliphatic hydroxyl groups is 3. The van der Waals surface area contributed by atoms with E-state index in [1.54, 1.807) is 0 Å². The highest BCUT2D eigenvalue weighted by atomic mass is 16.3. The van der Waals surface area contributed by atoms with Gasteiger partial charge in [-0.2, -0.15) is 0 Å². The second-order valence-corrected chi connectivity index (χ2v) is 12.8. The topological polar surface area (TPSA) is 89.8 Å². The van der Waals surface area contributed by atoms with E-state index in [1.807, 2.05) is 0 Å². The Balaban J connectivity index is 3.66. The number of nitrogens with one attached hydrogen (secondary N) is 1. The number of carbonyl (C=O) groups is 1. The Labute approximate surface area is 256 Å². The van der Waals surface area contributed by atoms with Crippen LogP contribution in [-0.4, -0.2) is 46.1 Å². The molecule has 5 heteroatoms. The summed E-state index contributed by atoms with van der Waals surface area (Å²) in [6.07, 6.45) is 33.7. The lowest BCUT2D eigenvalue weighted by Gasteiger charge is -2.23. The highest BCUT2D eigenvalue weighted by Gasteiger charge is 2.23. The van der Waals surface area contributed by atoms with Crippen molar-refractivity contribution in [2.24, 2.45) is 0 Å². The summed E-state index contributed by atoms with van der Waals surface area (Å²) in [6.45, 7) is 4.22. The molecule has 0 aromatic carbocycles. The van der Waals surface area contributed by atoms with Crippen molar-refractivity contribution in [3.8, 4) is 0 Å². The van der Waals surface area contributed by atoms with Gasteiger partial charge in [-0.15, -0.1) is 0 Å². The first-order valence-corrected chi connectivity index (χ1v) is 18.3. The standard InChI is InChI=1S/C36H73NO4/c1-3-5-7-9-11-13-15-17-19-20-22-24-26-28-30-34(39)33(32-38)37-36(41)35(40)31-29-27-25-23-21-18-16-14-12-10-8-6-4-2/h33-35,38-40H,3-32H2,1-2H3,(H,37,41). The predicted molar refractivity (Wildman–Crippen MR) is 176 cm³/mol. The molecule has 0 aromatic heterocycles. The summed E-state index contributed by atoms with van der Waals surface area (Å²) in [6, 6.07) is -0.703. The van der Waals surface area contributed by atoms with Crippen molar-refractivity contribution in [2.45, 2.75) is 218 Å². The molecule has 0 rings (SSSR count). The summed E-state index contributed by atoms with van der Waals surface area (Å²) in [7, 11) is 0. The van der Waals surface area contributed by atoms with Crippen molar-refractivity contribution in [3.63, 3.8) is 0 Å². The molecule has 246 valence electrons. The normalized spacial score (nSPS) is 13.8. The summed E-state index contributed by atoms with van der Waals surface area (Å²) >= 11 is 0. The third-order valence-corrected chi connectivity index (χ3v) is 8.73. The van der Waals surface area contributed by atoms with Gasteiger partial charge >= 0.3 is 0 Å². The maximum Gasteiger partial charge on any atom is 0.249 e. The number of unbranched alkanes of at least 4 members (excludes halogenated alkanes) is 25. The van der Waals surface area contributed by atoms with E-state index in [2.05, 4.69) is 19.2 Å². The Kier molecular flexibility index (Phi) is 31.8. The predicted octanol–water partition coefficient (Wildman–Crippen LogP) is 9.54. The van der Waals surface area contributed by atoms with E-state index in [1.165, 1.54) is 141 Å². The average molecular weight is 584 g/mol. The molecule has 5 nitrogen and oxygen atoms in total. The van der Waals surface area contributed by atoms with Gasteiger partial charge in [0.1, 0.15) is 6.10 Å². The van der Waals surface area contributed by atoms with E-state index in [0.29, 0.717) is 12.8 Å². The van der Waals surface area contributed by atoms with Crippen LogP contribution in [0.2, 0.25) is 0 Å². The lowest BCUT2D eigenvalue weighted by atomic mass is 10.0. The maximum absolute atomic E-state index is 12.4. The number of aliphatic hydroxyl groups excluding tert-OH is 3. The molecule has 0 aromatic rings. The van der Waals surface area contributed by atoms with E-state index < -0.39 is 24.2 Å². The monoisotopic (exact) mass is 584 g/mol. The first-order valence-electron chi connectivity index (χ1n) is 18.3. The van der Waals surface area contributed by atoms with Crippen molar-refractivity contribution in [1.82, 2.24) is 5.32 Å². The molecule has 0 radical (unpaired) electrons. The second-order valence-electron chi connectivity index (χ2n) is 12.8. The van der Waals surface area contributed by atoms with Crippen LogP contribution in [0.25, 0.3) is 0 Å². The fourth-order valence-electron chi connectivity index (χ4n) is 5.78. The molecule has 3 unspecified atom stereocenters. The molecule has 0 heterocycles. The largest absolute Gasteiger partial charge is 0.394 e. The van der Waals surface area contributed by atoms with Crippen LogP contribution in [0.4, 0.5) is 0 Å². The van der Waals surface area contributed by atoms with Crippen LogP contribution in [0.3, 0.4) is 0 Å². The lowest BCUT2D eigenvalue weighted by molar-refractivity contribution is -0.131. The Bertz CT molecular complexity index is 530. The van der Waals surface area contributed by atoms with Gasteiger partial charge in [0.15, 0.2) is 0 Å². The van der Waals surface area contributed by atoms with Crippen LogP contribution in [0, 0.1) is 0 Å². The van der Waals surface area contributed by atoms with Gasteiger partial charge in [-0.25, -0.2) is 0 Å². The molecule has 0 aliphatic rings. The molecular formula is C36H73NO4. The molecule has 0 aliphatic heterocycles. The van der Waals surface area contributed by atoms with Gasteiger partial charge in [0, 0.05) is 0 Å². The highest BCUT2D eigenvalue weighted by Crippen LogP contribution is 2.16. The summed E-state index contributed by atoms with van der Waals surface area (Å²) in [5.41, 5.74) is 0. The lowest BCUT2D eigenvalue weighted by Crippen LogP contribution is -2.49. The van der Waals surface area contributed by atoms with Crippen molar-refractivity contribution in [3.05, 3.63) is 0 Å². The minimum absolute atomic E-state index is 0.309. The summed E-state index contributed by atoms with van der Waals surface area (Å²) in [5, 5.41) is 33.1. The van der Waals surface area contributed by atoms with Gasteiger partial charge in [-0.1, -0.05) is 187 Å². The molecule has 0 spiro atoms. The van der Waals surface area contributed by atoms with Crippen molar-refractivity contribution in [1.29, 1.82) is 0 Å². The van der Waals surface area contributed by atoms with Crippen LogP contribution in [0.15, 0.2) is 0 Å². The van der Waals surface area contributed by atoms with Gasteiger partial charge in [0.05, 0.1) is 18.8 Å². The Hall–Kier alpha value is -0.650. The van der Waals surface area contributed by atoms with Crippen LogP contribution >= 0.6 is 0 Å². The number of hydrogen-bond donors (Lipinski definition) is 4. The first-order chi connectivity index (χ1) is 20.1. The van der Waals surface area contributed by atoms with Gasteiger partial charge < -0.3 is 20.6 Å². The highest BCUT2D eigenvalue weighted by molar-refractivity contribution is 5.80. The zero-order valence-electron chi connectivity index (χ0n) is 27.7. The second kappa shape index (κ2) is 32.3. The van der Waals surface area contributed by atoms with Crippen molar-refractivity contribution >= 4 is 5.91 Å². The quantitative estimate of drug-likeness (QED) is 0.0579. The maximum atomic E-state index is 12.4. The SMILES string of the molecule is CCCCCCCCCCCCCCCCC(O)C(CO)NC(=O)C(O)CCCCCCCCCCCCCCC. The van der Waals surface area contributed by atoms with E-state index in [4.69, 9.17) is 0 Å². The molecule has 3 atom stereocenters. The van der Waals surface area contributed by atoms with Gasteiger partial charge in [-0.05, 0) is 12.8 Å². The van der Waals surface area contributed by atoms with E-state index in [-0.39, 0.29) is 6.61 Å². The molecule has 0 bridgehead atoms. The smallest absolute Gasteiger partial charge is 0.249 e. The molecule has 0 fully saturated rings. The number of carbonyl (C=O) groups excluding carboxylic acids is 1. The summed E-state index contributed by atoms with van der Waals surface area (Å²) in [5.74, 6) is -0.469. The molecule has 0 aliphatic carbocycles. The minimum Gasteiger partial charge on any atom is -0.394 e. The van der Waals surface area contributed by atoms with E-state index in [9.17, 15) is 20.1 Å². The van der Waals surface area contributed by atoms with Crippen LogP contribution in [-0.2, 0) is 4.79 Å². The Morgan fingerprint density at radius 1 is 0.488 bits per heavy atom. The third kappa shape index (κ3) is 27.9. The zero-order chi connectivity index (χ0) is 30.2. The Morgan fingerprint density at radius 2 is 0.780 bits per heavy atom. The van der Waals surface area contributed by atoms with Crippen molar-refractivity contribution < 1.29 is 20.1 Å². The summed E-state index contributed by atoms with van der Waals surface area (Å²) in [4.78, 5) is 12.4. The van der Waals surface area contributed by atoms with Gasteiger partial charge in [0.2, 0.25) is 5.91 Å². The molecule has 1 amide bonds. The minimum atomic E-state index is -1.06. The number of hydrogen-bond acceptors (Lipinski definition) is 4. The molecule has 0 saturated carbocycles. The molecule has 4 N–H and O–H groups in total. The summed E-state index contributed by atoms with van der Waals surface area (Å²) < 4.78 is 0. The first kappa shape index (κ1) is 40.4. The van der Waals surface area contributed by atoms with E-state index in [0.717, 1.165) is 32.1 Å². The van der Waals surface area contributed by atoms with Crippen molar-refractivity contribution in [2.75, 3.05) is 6.61 Å². The fraction of sp³-hybridized carbons (Fsp3) is 0.972. The van der Waals surface area contributed by atoms with Crippen LogP contribution < -0.4 is 5.32 Å². The number of amides is 1. The van der Waals surface area contributed by atoms with Gasteiger partial charge in [-0.3, -0.25) is 4.79 Å². The van der Waals surface area contributed by atoms with Gasteiger partial charge in [0.25, 0.3) is 0 Å². The molecule has 0 saturated heterocycles. The third-order valence-electron chi connectivity index (χ3n) is 8.73. The zero-order valence-corrected chi connectivity index (χ0v) is 27.7. The van der Waals surface area contributed by atoms with E-state index >= 15 is 0 Å². The average Bonchev–Trinajstić information content (AvgIpc) is 2.98. The van der Waals surface area contributed by atoms with Crippen LogP contribution in [0.1, 0.15) is 200 Å². The number of rotatable bonds is 33.